The lowest BCUT2D eigenvalue weighted by Crippen LogP contribution is -1.85. The van der Waals surface area contributed by atoms with Crippen LogP contribution in [0.25, 0.3) is 17.5 Å². The van der Waals surface area contributed by atoms with Gasteiger partial charge < -0.3 is 9.52 Å². The van der Waals surface area contributed by atoms with Crippen LogP contribution in [0.2, 0.25) is 0 Å². The Balaban J connectivity index is 2.23. The fourth-order valence-corrected chi connectivity index (χ4v) is 1.05. The minimum atomic E-state index is -1.07. The summed E-state index contributed by atoms with van der Waals surface area (Å²) < 4.78 is 5.21. The number of aromatic nitrogens is 3. The zero-order valence-electron chi connectivity index (χ0n) is 8.07. The van der Waals surface area contributed by atoms with Crippen molar-refractivity contribution in [3.05, 3.63) is 36.5 Å². The molecule has 0 radical (unpaired) electrons. The predicted molar refractivity (Wildman–Crippen MR) is 54.2 cm³/mol. The van der Waals surface area contributed by atoms with Gasteiger partial charge in [0, 0.05) is 24.5 Å². The average Bonchev–Trinajstić information content (AvgIpc) is 2.76. The third-order valence-electron chi connectivity index (χ3n) is 1.72. The Bertz CT molecular complexity index is 519. The van der Waals surface area contributed by atoms with Gasteiger partial charge in [0.25, 0.3) is 0 Å². The van der Waals surface area contributed by atoms with Crippen LogP contribution in [0.3, 0.4) is 0 Å². The molecule has 0 aromatic carbocycles. The van der Waals surface area contributed by atoms with Crippen LogP contribution in [0.4, 0.5) is 0 Å². The number of carboxylic acids is 1. The van der Waals surface area contributed by atoms with Gasteiger partial charge in [-0.15, -0.1) is 10.2 Å². The largest absolute Gasteiger partial charge is 0.478 e. The van der Waals surface area contributed by atoms with Crippen molar-refractivity contribution in [1.82, 2.24) is 15.2 Å². The van der Waals surface area contributed by atoms with Crippen molar-refractivity contribution in [2.24, 2.45) is 0 Å². The van der Waals surface area contributed by atoms with Gasteiger partial charge in [-0.25, -0.2) is 4.79 Å². The molecule has 0 aliphatic carbocycles. The Kier molecular flexibility index (Phi) is 2.73. The SMILES string of the molecule is O=C(O)/C=C/c1nnc(-c2cccnc2)o1. The third-order valence-corrected chi connectivity index (χ3v) is 1.72. The molecule has 0 amide bonds. The quantitative estimate of drug-likeness (QED) is 0.777. The molecule has 6 nitrogen and oxygen atoms in total. The number of carboxylic acid groups (broad SMARTS) is 1. The Morgan fingerprint density at radius 1 is 1.44 bits per heavy atom. The second-order valence-corrected chi connectivity index (χ2v) is 2.86. The van der Waals surface area contributed by atoms with Crippen molar-refractivity contribution in [2.45, 2.75) is 0 Å². The highest BCUT2D eigenvalue weighted by molar-refractivity contribution is 5.84. The summed E-state index contributed by atoms with van der Waals surface area (Å²) in [4.78, 5) is 14.2. The van der Waals surface area contributed by atoms with E-state index in [1.165, 1.54) is 6.08 Å². The molecule has 0 bridgehead atoms. The molecule has 0 saturated carbocycles. The molecule has 2 heterocycles. The topological polar surface area (TPSA) is 89.1 Å². The van der Waals surface area contributed by atoms with Crippen LogP contribution in [0.5, 0.6) is 0 Å². The molecular weight excluding hydrogens is 210 g/mol. The molecule has 2 aromatic rings. The van der Waals surface area contributed by atoms with E-state index >= 15 is 0 Å². The predicted octanol–water partition coefficient (Wildman–Crippen LogP) is 1.23. The van der Waals surface area contributed by atoms with Crippen molar-refractivity contribution < 1.29 is 14.3 Å². The average molecular weight is 217 g/mol. The highest BCUT2D eigenvalue weighted by atomic mass is 16.4. The van der Waals surface area contributed by atoms with Gasteiger partial charge >= 0.3 is 5.97 Å². The lowest BCUT2D eigenvalue weighted by molar-refractivity contribution is -0.131. The number of aliphatic carboxylic acids is 1. The van der Waals surface area contributed by atoms with Crippen LogP contribution in [0.15, 0.2) is 35.0 Å². The van der Waals surface area contributed by atoms with Gasteiger partial charge in [0.1, 0.15) is 0 Å². The number of nitrogens with zero attached hydrogens (tertiary/aromatic N) is 3. The van der Waals surface area contributed by atoms with E-state index in [0.717, 1.165) is 6.08 Å². The lowest BCUT2D eigenvalue weighted by Gasteiger charge is -1.90. The van der Waals surface area contributed by atoms with E-state index in [1.807, 2.05) is 0 Å². The summed E-state index contributed by atoms with van der Waals surface area (Å²) in [6.07, 6.45) is 5.37. The molecule has 0 atom stereocenters. The maximum Gasteiger partial charge on any atom is 0.328 e. The summed E-state index contributed by atoms with van der Waals surface area (Å²) in [6, 6.07) is 3.51. The first-order valence-electron chi connectivity index (χ1n) is 4.40. The zero-order valence-corrected chi connectivity index (χ0v) is 8.07. The second-order valence-electron chi connectivity index (χ2n) is 2.86. The van der Waals surface area contributed by atoms with Crippen molar-refractivity contribution in [2.75, 3.05) is 0 Å². The van der Waals surface area contributed by atoms with E-state index < -0.39 is 5.97 Å². The van der Waals surface area contributed by atoms with Gasteiger partial charge in [0.15, 0.2) is 0 Å². The van der Waals surface area contributed by atoms with Gasteiger partial charge in [-0.3, -0.25) is 4.98 Å². The summed E-state index contributed by atoms with van der Waals surface area (Å²) in [5.74, 6) is -0.625. The normalized spacial score (nSPS) is 10.8. The van der Waals surface area contributed by atoms with Crippen molar-refractivity contribution in [1.29, 1.82) is 0 Å². The van der Waals surface area contributed by atoms with E-state index in [0.29, 0.717) is 11.5 Å². The molecule has 0 spiro atoms. The van der Waals surface area contributed by atoms with E-state index in [-0.39, 0.29) is 5.89 Å². The Labute approximate surface area is 90.3 Å². The second kappa shape index (κ2) is 4.35. The number of hydrogen-bond donors (Lipinski definition) is 1. The van der Waals surface area contributed by atoms with Gasteiger partial charge in [0.2, 0.25) is 11.8 Å². The molecule has 1 N–H and O–H groups in total. The van der Waals surface area contributed by atoms with Gasteiger partial charge in [-0.2, -0.15) is 0 Å². The molecular formula is C10H7N3O3. The Morgan fingerprint density at radius 3 is 3.00 bits per heavy atom. The van der Waals surface area contributed by atoms with E-state index in [9.17, 15) is 4.79 Å². The zero-order chi connectivity index (χ0) is 11.4. The van der Waals surface area contributed by atoms with E-state index in [4.69, 9.17) is 9.52 Å². The highest BCUT2D eigenvalue weighted by Crippen LogP contribution is 2.16. The summed E-state index contributed by atoms with van der Waals surface area (Å²) >= 11 is 0. The molecule has 6 heteroatoms. The summed E-state index contributed by atoms with van der Waals surface area (Å²) in [5, 5.41) is 15.8. The lowest BCUT2D eigenvalue weighted by atomic mass is 10.3. The molecule has 80 valence electrons. The molecule has 2 aromatic heterocycles. The van der Waals surface area contributed by atoms with Crippen LogP contribution >= 0.6 is 0 Å². The molecule has 0 unspecified atom stereocenters. The first-order valence-corrected chi connectivity index (χ1v) is 4.40. The molecule has 0 fully saturated rings. The number of carbonyl (C=O) groups is 1. The van der Waals surface area contributed by atoms with Crippen molar-refractivity contribution in [3.8, 4) is 11.5 Å². The first kappa shape index (κ1) is 10.0. The monoisotopic (exact) mass is 217 g/mol. The molecule has 0 aliphatic rings. The van der Waals surface area contributed by atoms with E-state index in [2.05, 4.69) is 15.2 Å². The van der Waals surface area contributed by atoms with Crippen LogP contribution < -0.4 is 0 Å². The highest BCUT2D eigenvalue weighted by Gasteiger charge is 2.06. The van der Waals surface area contributed by atoms with Crippen molar-refractivity contribution in [3.63, 3.8) is 0 Å². The van der Waals surface area contributed by atoms with Crippen LogP contribution in [-0.4, -0.2) is 26.3 Å². The molecule has 2 rings (SSSR count). The number of hydrogen-bond acceptors (Lipinski definition) is 5. The summed E-state index contributed by atoms with van der Waals surface area (Å²) in [7, 11) is 0. The van der Waals surface area contributed by atoms with E-state index in [1.54, 1.807) is 24.5 Å². The Morgan fingerprint density at radius 2 is 2.31 bits per heavy atom. The minimum absolute atomic E-state index is 0.140. The smallest absolute Gasteiger partial charge is 0.328 e. The van der Waals surface area contributed by atoms with Crippen LogP contribution in [0.1, 0.15) is 5.89 Å². The molecule has 0 saturated heterocycles. The third kappa shape index (κ3) is 2.30. The van der Waals surface area contributed by atoms with Crippen LogP contribution in [-0.2, 0) is 4.79 Å². The number of rotatable bonds is 3. The van der Waals surface area contributed by atoms with Crippen LogP contribution in [0, 0.1) is 0 Å². The molecule has 16 heavy (non-hydrogen) atoms. The minimum Gasteiger partial charge on any atom is -0.478 e. The summed E-state index contributed by atoms with van der Waals surface area (Å²) in [6.45, 7) is 0. The van der Waals surface area contributed by atoms with Gasteiger partial charge in [-0.1, -0.05) is 0 Å². The fourth-order valence-electron chi connectivity index (χ4n) is 1.05. The van der Waals surface area contributed by atoms with Crippen molar-refractivity contribution >= 4 is 12.0 Å². The fraction of sp³-hybridized carbons (Fsp3) is 0. The Hall–Kier alpha value is -2.50. The first-order chi connectivity index (χ1) is 7.75. The summed E-state index contributed by atoms with van der Waals surface area (Å²) in [5.41, 5.74) is 0.685. The van der Waals surface area contributed by atoms with Gasteiger partial charge in [-0.05, 0) is 12.1 Å². The van der Waals surface area contributed by atoms with Gasteiger partial charge in [0.05, 0.1) is 5.56 Å². The standard InChI is InChI=1S/C10H7N3O3/c14-9(15)4-3-8-12-13-10(16-8)7-2-1-5-11-6-7/h1-6H,(H,14,15)/b4-3+. The number of pyridine rings is 1. The maximum absolute atomic E-state index is 10.3. The maximum atomic E-state index is 10.3. The molecule has 0 aliphatic heterocycles.